The summed E-state index contributed by atoms with van der Waals surface area (Å²) < 4.78 is 2.31. The van der Waals surface area contributed by atoms with E-state index in [1.54, 1.807) is 0 Å². The molecular formula is C26H23N. The molecule has 0 saturated heterocycles. The van der Waals surface area contributed by atoms with Crippen molar-refractivity contribution in [2.75, 3.05) is 0 Å². The quantitative estimate of drug-likeness (QED) is 0.368. The first-order chi connectivity index (χ1) is 13.2. The Hall–Kier alpha value is -3.06. The summed E-state index contributed by atoms with van der Waals surface area (Å²) in [5.74, 6) is 0.572. The predicted octanol–water partition coefficient (Wildman–Crippen LogP) is 6.98. The molecule has 1 aliphatic carbocycles. The highest BCUT2D eigenvalue weighted by atomic mass is 14.9. The molecule has 0 aliphatic heterocycles. The maximum atomic E-state index is 2.38. The molecule has 4 aromatic rings. The largest absolute Gasteiger partial charge is 0.344 e. The molecule has 1 aromatic heterocycles. The van der Waals surface area contributed by atoms with Gasteiger partial charge in [0.15, 0.2) is 0 Å². The van der Waals surface area contributed by atoms with Crippen LogP contribution >= 0.6 is 0 Å². The summed E-state index contributed by atoms with van der Waals surface area (Å²) in [7, 11) is 2.16. The molecule has 1 aliphatic rings. The normalized spacial score (nSPS) is 16.8. The lowest BCUT2D eigenvalue weighted by Crippen LogP contribution is -2.00. The number of aryl methyl sites for hydroxylation is 1. The molecule has 0 N–H and O–H groups in total. The molecule has 0 bridgehead atoms. The molecule has 3 aromatic carbocycles. The van der Waals surface area contributed by atoms with E-state index in [1.165, 1.54) is 44.1 Å². The van der Waals surface area contributed by atoms with Crippen molar-refractivity contribution in [3.63, 3.8) is 0 Å². The molecule has 1 atom stereocenters. The Balaban J connectivity index is 1.74. The molecular weight excluding hydrogens is 326 g/mol. The van der Waals surface area contributed by atoms with Crippen molar-refractivity contribution in [1.29, 1.82) is 0 Å². The highest BCUT2D eigenvalue weighted by Crippen LogP contribution is 2.36. The van der Waals surface area contributed by atoms with Crippen molar-refractivity contribution < 1.29 is 0 Å². The van der Waals surface area contributed by atoms with Gasteiger partial charge in [-0.05, 0) is 58.9 Å². The van der Waals surface area contributed by atoms with Gasteiger partial charge in [0.25, 0.3) is 0 Å². The number of hydrogen-bond donors (Lipinski definition) is 0. The monoisotopic (exact) mass is 349 g/mol. The topological polar surface area (TPSA) is 4.93 Å². The molecule has 1 heterocycles. The van der Waals surface area contributed by atoms with Crippen molar-refractivity contribution in [3.05, 3.63) is 90.5 Å². The first kappa shape index (κ1) is 16.1. The molecule has 132 valence electrons. The number of rotatable bonds is 2. The van der Waals surface area contributed by atoms with E-state index in [4.69, 9.17) is 0 Å². The number of hydrogen-bond acceptors (Lipinski definition) is 0. The van der Waals surface area contributed by atoms with Gasteiger partial charge in [0.1, 0.15) is 0 Å². The summed E-state index contributed by atoms with van der Waals surface area (Å²) in [4.78, 5) is 0. The standard InChI is InChI=1S/C26H23N/c1-18-8-6-7-11-22(18)21-13-15-26-24(17-21)23-16-20(12-14-25(23)27(26)2)19-9-4-3-5-10-19/h3-7,9-18H,8H2,1-2H3. The van der Waals surface area contributed by atoms with E-state index in [2.05, 4.69) is 103 Å². The zero-order valence-corrected chi connectivity index (χ0v) is 15.8. The Kier molecular flexibility index (Phi) is 3.75. The van der Waals surface area contributed by atoms with E-state index < -0.39 is 0 Å². The van der Waals surface area contributed by atoms with E-state index in [9.17, 15) is 0 Å². The Bertz CT molecular complexity index is 1210. The molecule has 0 radical (unpaired) electrons. The van der Waals surface area contributed by atoms with Crippen LogP contribution in [0.2, 0.25) is 0 Å². The zero-order valence-electron chi connectivity index (χ0n) is 15.8. The number of allylic oxidation sites excluding steroid dienone is 4. The van der Waals surface area contributed by atoms with Crippen molar-refractivity contribution in [2.24, 2.45) is 13.0 Å². The van der Waals surface area contributed by atoms with Crippen molar-refractivity contribution in [1.82, 2.24) is 4.57 Å². The van der Waals surface area contributed by atoms with Gasteiger partial charge in [-0.3, -0.25) is 0 Å². The second-order valence-electron chi connectivity index (χ2n) is 7.58. The summed E-state index contributed by atoms with van der Waals surface area (Å²) in [5.41, 5.74) is 7.90. The number of aromatic nitrogens is 1. The van der Waals surface area contributed by atoms with Gasteiger partial charge < -0.3 is 4.57 Å². The lowest BCUT2D eigenvalue weighted by Gasteiger charge is -2.17. The lowest BCUT2D eigenvalue weighted by molar-refractivity contribution is 0.759. The van der Waals surface area contributed by atoms with Crippen LogP contribution in [0.3, 0.4) is 0 Å². The van der Waals surface area contributed by atoms with Crippen molar-refractivity contribution >= 4 is 27.4 Å². The van der Waals surface area contributed by atoms with Crippen LogP contribution in [0.25, 0.3) is 38.5 Å². The highest BCUT2D eigenvalue weighted by molar-refractivity contribution is 6.10. The van der Waals surface area contributed by atoms with Crippen LogP contribution in [-0.2, 0) is 7.05 Å². The molecule has 0 fully saturated rings. The van der Waals surface area contributed by atoms with E-state index >= 15 is 0 Å². The number of fused-ring (bicyclic) bond motifs is 3. The van der Waals surface area contributed by atoms with Gasteiger partial charge in [-0.25, -0.2) is 0 Å². The lowest BCUT2D eigenvalue weighted by atomic mass is 9.87. The fourth-order valence-electron chi connectivity index (χ4n) is 4.33. The summed E-state index contributed by atoms with van der Waals surface area (Å²) >= 11 is 0. The molecule has 0 amide bonds. The van der Waals surface area contributed by atoms with Crippen molar-refractivity contribution in [3.8, 4) is 11.1 Å². The van der Waals surface area contributed by atoms with Gasteiger partial charge in [-0.15, -0.1) is 0 Å². The van der Waals surface area contributed by atoms with E-state index in [0.717, 1.165) is 6.42 Å². The Morgan fingerprint density at radius 2 is 1.44 bits per heavy atom. The third kappa shape index (κ3) is 2.62. The summed E-state index contributed by atoms with van der Waals surface area (Å²) in [6, 6.07) is 24.4. The van der Waals surface area contributed by atoms with Gasteiger partial charge in [-0.2, -0.15) is 0 Å². The minimum Gasteiger partial charge on any atom is -0.344 e. The van der Waals surface area contributed by atoms with Gasteiger partial charge in [0.05, 0.1) is 0 Å². The van der Waals surface area contributed by atoms with Crippen LogP contribution in [-0.4, -0.2) is 4.57 Å². The van der Waals surface area contributed by atoms with Gasteiger partial charge >= 0.3 is 0 Å². The maximum absolute atomic E-state index is 2.38. The fraction of sp³-hybridized carbons (Fsp3) is 0.154. The average Bonchev–Trinajstić information content (AvgIpc) is 3.00. The average molecular weight is 349 g/mol. The van der Waals surface area contributed by atoms with Gasteiger partial charge in [0, 0.05) is 28.9 Å². The van der Waals surface area contributed by atoms with Gasteiger partial charge in [0.2, 0.25) is 0 Å². The number of nitrogens with zero attached hydrogens (tertiary/aromatic N) is 1. The minimum absolute atomic E-state index is 0.572. The van der Waals surface area contributed by atoms with E-state index in [-0.39, 0.29) is 0 Å². The Morgan fingerprint density at radius 1 is 0.778 bits per heavy atom. The van der Waals surface area contributed by atoms with Crippen molar-refractivity contribution in [2.45, 2.75) is 13.3 Å². The Labute approximate surface area is 160 Å². The summed E-state index contributed by atoms with van der Waals surface area (Å²) in [5, 5.41) is 2.67. The number of benzene rings is 3. The fourth-order valence-corrected chi connectivity index (χ4v) is 4.33. The molecule has 1 heteroatoms. The van der Waals surface area contributed by atoms with E-state index in [1.807, 2.05) is 0 Å². The molecule has 1 unspecified atom stereocenters. The first-order valence-electron chi connectivity index (χ1n) is 9.67. The predicted molar refractivity (Wildman–Crippen MR) is 117 cm³/mol. The molecule has 1 nitrogen and oxygen atoms in total. The van der Waals surface area contributed by atoms with Crippen LogP contribution in [0, 0.1) is 5.92 Å². The van der Waals surface area contributed by atoms with Crippen LogP contribution < -0.4 is 0 Å². The van der Waals surface area contributed by atoms with Crippen LogP contribution in [0.15, 0.2) is 85.0 Å². The third-order valence-corrected chi connectivity index (χ3v) is 5.88. The second kappa shape index (κ2) is 6.28. The molecule has 0 spiro atoms. The molecule has 27 heavy (non-hydrogen) atoms. The van der Waals surface area contributed by atoms with Crippen LogP contribution in [0.5, 0.6) is 0 Å². The van der Waals surface area contributed by atoms with Crippen LogP contribution in [0.4, 0.5) is 0 Å². The molecule has 0 saturated carbocycles. The molecule has 5 rings (SSSR count). The van der Waals surface area contributed by atoms with E-state index in [0.29, 0.717) is 5.92 Å². The maximum Gasteiger partial charge on any atom is 0.0489 e. The second-order valence-corrected chi connectivity index (χ2v) is 7.58. The smallest absolute Gasteiger partial charge is 0.0489 e. The summed E-state index contributed by atoms with van der Waals surface area (Å²) in [6.45, 7) is 2.32. The summed E-state index contributed by atoms with van der Waals surface area (Å²) in [6.07, 6.45) is 7.85. The van der Waals surface area contributed by atoms with Gasteiger partial charge in [-0.1, -0.05) is 67.6 Å². The first-order valence-corrected chi connectivity index (χ1v) is 9.67. The van der Waals surface area contributed by atoms with Crippen LogP contribution in [0.1, 0.15) is 18.9 Å². The SMILES string of the molecule is CC1CC=CC=C1c1ccc2c(c1)c1cc(-c3ccccc3)ccc1n2C. The minimum atomic E-state index is 0.572. The Morgan fingerprint density at radius 3 is 2.15 bits per heavy atom. The zero-order chi connectivity index (χ0) is 18.4. The highest BCUT2D eigenvalue weighted by Gasteiger charge is 2.15. The third-order valence-electron chi connectivity index (χ3n) is 5.88.